The van der Waals surface area contributed by atoms with Crippen molar-refractivity contribution in [2.75, 3.05) is 0 Å². The number of halogens is 2. The lowest BCUT2D eigenvalue weighted by atomic mass is 10.1. The van der Waals surface area contributed by atoms with E-state index in [0.29, 0.717) is 11.8 Å². The minimum Gasteiger partial charge on any atom is -0.101 e. The molecule has 48 valence electrons. The van der Waals surface area contributed by atoms with Gasteiger partial charge in [0.1, 0.15) is 4.33 Å². The van der Waals surface area contributed by atoms with E-state index in [-0.39, 0.29) is 4.33 Å². The van der Waals surface area contributed by atoms with Gasteiger partial charge in [-0.25, -0.2) is 0 Å². The highest BCUT2D eigenvalue weighted by molar-refractivity contribution is 6.50. The highest BCUT2D eigenvalue weighted by Gasteiger charge is 2.52. The third-order valence-electron chi connectivity index (χ3n) is 1.68. The Morgan fingerprint density at radius 3 is 1.88 bits per heavy atom. The molecule has 0 aromatic rings. The average molecular weight is 153 g/mol. The van der Waals surface area contributed by atoms with Gasteiger partial charge in [0.25, 0.3) is 0 Å². The topological polar surface area (TPSA) is 0 Å². The lowest BCUT2D eigenvalue weighted by Gasteiger charge is -2.00. The lowest BCUT2D eigenvalue weighted by Crippen LogP contribution is -1.97. The Morgan fingerprint density at radius 2 is 1.88 bits per heavy atom. The van der Waals surface area contributed by atoms with Gasteiger partial charge in [-0.2, -0.15) is 0 Å². The first-order valence-electron chi connectivity index (χ1n) is 2.92. The summed E-state index contributed by atoms with van der Waals surface area (Å²) in [6.07, 6.45) is 0.980. The fourth-order valence-corrected chi connectivity index (χ4v) is 1.79. The molecule has 0 radical (unpaired) electrons. The number of rotatable bonds is 1. The van der Waals surface area contributed by atoms with E-state index in [1.165, 1.54) is 0 Å². The van der Waals surface area contributed by atoms with E-state index < -0.39 is 0 Å². The Hall–Kier alpha value is 0.580. The van der Waals surface area contributed by atoms with E-state index in [1.54, 1.807) is 0 Å². The third kappa shape index (κ3) is 1.11. The molecule has 1 rings (SSSR count). The molecule has 0 saturated heterocycles. The summed E-state index contributed by atoms with van der Waals surface area (Å²) in [5.74, 6) is 1.19. The van der Waals surface area contributed by atoms with Crippen molar-refractivity contribution in [2.45, 2.75) is 24.6 Å². The molecule has 0 heterocycles. The van der Waals surface area contributed by atoms with Crippen LogP contribution in [-0.2, 0) is 0 Å². The molecule has 2 heteroatoms. The Kier molecular flexibility index (Phi) is 1.49. The predicted octanol–water partition coefficient (Wildman–Crippen LogP) is 2.84. The normalized spacial score (nSPS) is 33.4. The van der Waals surface area contributed by atoms with Crippen LogP contribution in [0, 0.1) is 11.8 Å². The standard InChI is InChI=1S/C6H10Cl2/c1-4(2)5-3-6(5,7)8/h4-5H,3H2,1-2H3/t5-/m0/s1. The minimum absolute atomic E-state index is 0.367. The molecule has 0 unspecified atom stereocenters. The second-order valence-corrected chi connectivity index (χ2v) is 4.36. The molecule has 1 fully saturated rings. The predicted molar refractivity (Wildman–Crippen MR) is 37.4 cm³/mol. The van der Waals surface area contributed by atoms with Crippen LogP contribution in [0.2, 0.25) is 0 Å². The van der Waals surface area contributed by atoms with Gasteiger partial charge >= 0.3 is 0 Å². The summed E-state index contributed by atoms with van der Waals surface area (Å²) in [5.41, 5.74) is 0. The fraction of sp³-hybridized carbons (Fsp3) is 1.00. The van der Waals surface area contributed by atoms with Crippen molar-refractivity contribution < 1.29 is 0 Å². The summed E-state index contributed by atoms with van der Waals surface area (Å²) in [5, 5.41) is 0. The van der Waals surface area contributed by atoms with E-state index in [9.17, 15) is 0 Å². The first kappa shape index (κ1) is 6.70. The van der Waals surface area contributed by atoms with Crippen LogP contribution < -0.4 is 0 Å². The molecule has 0 aromatic heterocycles. The van der Waals surface area contributed by atoms with Crippen molar-refractivity contribution in [3.8, 4) is 0 Å². The molecular weight excluding hydrogens is 143 g/mol. The second kappa shape index (κ2) is 1.78. The van der Waals surface area contributed by atoms with Crippen LogP contribution in [0.3, 0.4) is 0 Å². The van der Waals surface area contributed by atoms with E-state index in [2.05, 4.69) is 13.8 Å². The minimum atomic E-state index is -0.367. The molecule has 0 aromatic carbocycles. The van der Waals surface area contributed by atoms with Crippen LogP contribution in [0.5, 0.6) is 0 Å². The van der Waals surface area contributed by atoms with Gasteiger partial charge < -0.3 is 0 Å². The maximum absolute atomic E-state index is 5.77. The summed E-state index contributed by atoms with van der Waals surface area (Å²) >= 11 is 11.5. The number of hydrogen-bond donors (Lipinski definition) is 0. The Balaban J connectivity index is 2.37. The van der Waals surface area contributed by atoms with Gasteiger partial charge in [0.15, 0.2) is 0 Å². The molecule has 0 bridgehead atoms. The van der Waals surface area contributed by atoms with Gasteiger partial charge in [-0.15, -0.1) is 23.2 Å². The first-order valence-corrected chi connectivity index (χ1v) is 3.67. The zero-order valence-corrected chi connectivity index (χ0v) is 6.63. The molecule has 0 nitrogen and oxygen atoms in total. The molecule has 0 amide bonds. The monoisotopic (exact) mass is 152 g/mol. The Labute approximate surface area is 60.2 Å². The fourth-order valence-electron chi connectivity index (χ4n) is 0.958. The zero-order chi connectivity index (χ0) is 6.36. The van der Waals surface area contributed by atoms with Gasteiger partial charge in [-0.05, 0) is 18.3 Å². The maximum Gasteiger partial charge on any atom is 0.121 e. The van der Waals surface area contributed by atoms with Gasteiger partial charge in [0.05, 0.1) is 0 Å². The van der Waals surface area contributed by atoms with Crippen LogP contribution in [-0.4, -0.2) is 4.33 Å². The van der Waals surface area contributed by atoms with Crippen LogP contribution in [0.1, 0.15) is 20.3 Å². The number of alkyl halides is 2. The van der Waals surface area contributed by atoms with Crippen molar-refractivity contribution in [1.82, 2.24) is 0 Å². The Morgan fingerprint density at radius 1 is 1.50 bits per heavy atom. The van der Waals surface area contributed by atoms with Crippen molar-refractivity contribution in [2.24, 2.45) is 11.8 Å². The zero-order valence-electron chi connectivity index (χ0n) is 5.12. The molecule has 0 N–H and O–H groups in total. The van der Waals surface area contributed by atoms with E-state index in [0.717, 1.165) is 6.42 Å². The molecule has 8 heavy (non-hydrogen) atoms. The van der Waals surface area contributed by atoms with Crippen LogP contribution >= 0.6 is 23.2 Å². The Bertz CT molecular complexity index is 96.7. The quantitative estimate of drug-likeness (QED) is 0.508. The van der Waals surface area contributed by atoms with Crippen molar-refractivity contribution >= 4 is 23.2 Å². The first-order chi connectivity index (χ1) is 3.54. The van der Waals surface area contributed by atoms with Crippen LogP contribution in [0.4, 0.5) is 0 Å². The molecule has 1 aliphatic rings. The van der Waals surface area contributed by atoms with Gasteiger partial charge in [0.2, 0.25) is 0 Å². The summed E-state index contributed by atoms with van der Waals surface area (Å²) < 4.78 is -0.367. The highest BCUT2D eigenvalue weighted by Crippen LogP contribution is 2.56. The number of hydrogen-bond acceptors (Lipinski definition) is 0. The molecule has 1 aliphatic carbocycles. The average Bonchev–Trinajstić information content (AvgIpc) is 2.13. The molecule has 0 spiro atoms. The summed E-state index contributed by atoms with van der Waals surface area (Å²) in [6.45, 7) is 4.30. The highest BCUT2D eigenvalue weighted by atomic mass is 35.5. The maximum atomic E-state index is 5.77. The smallest absolute Gasteiger partial charge is 0.101 e. The van der Waals surface area contributed by atoms with Crippen LogP contribution in [0.25, 0.3) is 0 Å². The lowest BCUT2D eigenvalue weighted by molar-refractivity contribution is 0.558. The van der Waals surface area contributed by atoms with Gasteiger partial charge in [0, 0.05) is 0 Å². The third-order valence-corrected chi connectivity index (χ3v) is 2.55. The molecule has 1 atom stereocenters. The molecule has 0 aliphatic heterocycles. The van der Waals surface area contributed by atoms with E-state index in [4.69, 9.17) is 23.2 Å². The van der Waals surface area contributed by atoms with Gasteiger partial charge in [-0.1, -0.05) is 13.8 Å². The van der Waals surface area contributed by atoms with E-state index in [1.807, 2.05) is 0 Å². The summed E-state index contributed by atoms with van der Waals surface area (Å²) in [6, 6.07) is 0. The van der Waals surface area contributed by atoms with E-state index >= 15 is 0 Å². The van der Waals surface area contributed by atoms with Crippen molar-refractivity contribution in [3.63, 3.8) is 0 Å². The molecular formula is C6H10Cl2. The molecule has 1 saturated carbocycles. The van der Waals surface area contributed by atoms with Gasteiger partial charge in [-0.3, -0.25) is 0 Å². The largest absolute Gasteiger partial charge is 0.121 e. The summed E-state index contributed by atoms with van der Waals surface area (Å²) in [7, 11) is 0. The summed E-state index contributed by atoms with van der Waals surface area (Å²) in [4.78, 5) is 0. The second-order valence-electron chi connectivity index (χ2n) is 2.82. The van der Waals surface area contributed by atoms with Crippen LogP contribution in [0.15, 0.2) is 0 Å². The van der Waals surface area contributed by atoms with Crippen molar-refractivity contribution in [1.29, 1.82) is 0 Å². The van der Waals surface area contributed by atoms with Crippen molar-refractivity contribution in [3.05, 3.63) is 0 Å². The SMILES string of the molecule is CC(C)[C@@H]1CC1(Cl)Cl.